The molecule has 1 rings (SSSR count). The molecule has 0 aliphatic rings. The Morgan fingerprint density at radius 2 is 2.22 bits per heavy atom. The van der Waals surface area contributed by atoms with Crippen LogP contribution in [0.5, 0.6) is 0 Å². The first kappa shape index (κ1) is 17.7. The van der Waals surface area contributed by atoms with E-state index >= 15 is 0 Å². The average Bonchev–Trinajstić information content (AvgIpc) is 2.29. The number of hydrogen-bond acceptors (Lipinski definition) is 2. The average molecular weight is 356 g/mol. The first-order chi connectivity index (χ1) is 8.02. The van der Waals surface area contributed by atoms with Crippen LogP contribution in [-0.2, 0) is 11.2 Å². The van der Waals surface area contributed by atoms with Crippen LogP contribution < -0.4 is 11.1 Å². The monoisotopic (exact) mass is 354 g/mol. The highest BCUT2D eigenvalue weighted by molar-refractivity contribution is 9.10. The summed E-state index contributed by atoms with van der Waals surface area (Å²) in [6, 6.07) is 5.41. The predicted molar refractivity (Wildman–Crippen MR) is 81.3 cm³/mol. The molecular weight excluding hydrogens is 339 g/mol. The van der Waals surface area contributed by atoms with E-state index in [1.54, 1.807) is 12.1 Å². The molecule has 1 amide bonds. The van der Waals surface area contributed by atoms with Gasteiger partial charge in [0.25, 0.3) is 0 Å². The fraction of sp³-hybridized carbons (Fsp3) is 0.417. The van der Waals surface area contributed by atoms with Gasteiger partial charge in [0.15, 0.2) is 0 Å². The summed E-state index contributed by atoms with van der Waals surface area (Å²) in [5, 5.41) is 3.50. The van der Waals surface area contributed by atoms with Gasteiger partial charge < -0.3 is 11.1 Å². The molecule has 1 aromatic rings. The van der Waals surface area contributed by atoms with Crippen molar-refractivity contribution < 1.29 is 4.79 Å². The van der Waals surface area contributed by atoms with E-state index in [1.165, 1.54) is 0 Å². The lowest BCUT2D eigenvalue weighted by atomic mass is 10.1. The van der Waals surface area contributed by atoms with E-state index in [0.29, 0.717) is 30.5 Å². The maximum absolute atomic E-state index is 11.7. The quantitative estimate of drug-likeness (QED) is 0.853. The number of amides is 1. The van der Waals surface area contributed by atoms with Crippen LogP contribution in [0.3, 0.4) is 0 Å². The summed E-state index contributed by atoms with van der Waals surface area (Å²) in [6.45, 7) is 3.18. The molecule has 1 atom stereocenters. The molecule has 102 valence electrons. The van der Waals surface area contributed by atoms with Crippen molar-refractivity contribution in [1.82, 2.24) is 5.32 Å². The maximum Gasteiger partial charge on any atom is 0.224 e. The smallest absolute Gasteiger partial charge is 0.224 e. The predicted octanol–water partition coefficient (Wildman–Crippen LogP) is 2.78. The SMILES string of the molecule is CC(CN)CNC(=O)Cc1ccc(Cl)cc1Br.Cl. The van der Waals surface area contributed by atoms with Crippen LogP contribution in [-0.4, -0.2) is 19.0 Å². The van der Waals surface area contributed by atoms with Gasteiger partial charge in [-0.2, -0.15) is 0 Å². The molecule has 0 aliphatic heterocycles. The fourth-order valence-electron chi connectivity index (χ4n) is 1.27. The molecule has 0 radical (unpaired) electrons. The molecule has 1 unspecified atom stereocenters. The maximum atomic E-state index is 11.7. The summed E-state index contributed by atoms with van der Waals surface area (Å²) in [5.74, 6) is 0.293. The normalized spacial score (nSPS) is 11.6. The van der Waals surface area contributed by atoms with Crippen LogP contribution in [0.4, 0.5) is 0 Å². The van der Waals surface area contributed by atoms with Gasteiger partial charge in [0.2, 0.25) is 5.91 Å². The Balaban J connectivity index is 0.00000289. The summed E-state index contributed by atoms with van der Waals surface area (Å²) in [6.07, 6.45) is 0.342. The molecule has 0 spiro atoms. The molecule has 0 fully saturated rings. The molecule has 0 aromatic heterocycles. The van der Waals surface area contributed by atoms with E-state index in [9.17, 15) is 4.79 Å². The van der Waals surface area contributed by atoms with Crippen molar-refractivity contribution in [3.63, 3.8) is 0 Å². The van der Waals surface area contributed by atoms with Crippen LogP contribution in [0.25, 0.3) is 0 Å². The van der Waals surface area contributed by atoms with Crippen LogP contribution in [0, 0.1) is 5.92 Å². The van der Waals surface area contributed by atoms with Crippen LogP contribution in [0.15, 0.2) is 22.7 Å². The van der Waals surface area contributed by atoms with E-state index in [0.717, 1.165) is 10.0 Å². The molecule has 0 saturated carbocycles. The lowest BCUT2D eigenvalue weighted by molar-refractivity contribution is -0.120. The second kappa shape index (κ2) is 8.75. The molecule has 3 nitrogen and oxygen atoms in total. The minimum absolute atomic E-state index is 0. The topological polar surface area (TPSA) is 55.1 Å². The summed E-state index contributed by atoms with van der Waals surface area (Å²) < 4.78 is 0.854. The van der Waals surface area contributed by atoms with Crippen molar-refractivity contribution in [3.8, 4) is 0 Å². The number of benzene rings is 1. The lowest BCUT2D eigenvalue weighted by Crippen LogP contribution is -2.32. The summed E-state index contributed by atoms with van der Waals surface area (Å²) in [4.78, 5) is 11.7. The van der Waals surface area contributed by atoms with Crippen molar-refractivity contribution >= 4 is 45.8 Å². The molecule has 3 N–H and O–H groups in total. The number of rotatable bonds is 5. The Hall–Kier alpha value is -0.290. The van der Waals surface area contributed by atoms with Crippen molar-refractivity contribution in [1.29, 1.82) is 0 Å². The molecule has 18 heavy (non-hydrogen) atoms. The van der Waals surface area contributed by atoms with Crippen molar-refractivity contribution in [2.45, 2.75) is 13.3 Å². The van der Waals surface area contributed by atoms with E-state index in [1.807, 2.05) is 13.0 Å². The second-order valence-corrected chi connectivity index (χ2v) is 5.35. The Bertz CT molecular complexity index is 402. The molecule has 1 aromatic carbocycles. The molecule has 6 heteroatoms. The Labute approximate surface area is 127 Å². The van der Waals surface area contributed by atoms with Gasteiger partial charge in [-0.15, -0.1) is 12.4 Å². The molecule has 0 bridgehead atoms. The standard InChI is InChI=1S/C12H16BrClN2O.ClH/c1-8(6-15)7-16-12(17)4-9-2-3-10(14)5-11(9)13;/h2-3,5,8H,4,6-7,15H2,1H3,(H,16,17);1H. The van der Waals surface area contributed by atoms with Crippen LogP contribution >= 0.6 is 39.9 Å². The van der Waals surface area contributed by atoms with Gasteiger partial charge >= 0.3 is 0 Å². The van der Waals surface area contributed by atoms with Crippen LogP contribution in [0.2, 0.25) is 5.02 Å². The van der Waals surface area contributed by atoms with Gasteiger partial charge in [-0.1, -0.05) is 40.5 Å². The molecule has 0 aliphatic carbocycles. The number of nitrogens with two attached hydrogens (primary N) is 1. The zero-order chi connectivity index (χ0) is 12.8. The van der Waals surface area contributed by atoms with Crippen molar-refractivity contribution in [2.75, 3.05) is 13.1 Å². The van der Waals surface area contributed by atoms with E-state index in [4.69, 9.17) is 17.3 Å². The fourth-order valence-corrected chi connectivity index (χ4v) is 2.09. The first-order valence-corrected chi connectivity index (χ1v) is 6.60. The van der Waals surface area contributed by atoms with Gasteiger partial charge in [0.05, 0.1) is 6.42 Å². The van der Waals surface area contributed by atoms with Gasteiger partial charge in [-0.3, -0.25) is 4.79 Å². The van der Waals surface area contributed by atoms with E-state index in [2.05, 4.69) is 21.2 Å². The second-order valence-electron chi connectivity index (χ2n) is 4.06. The van der Waals surface area contributed by atoms with Crippen molar-refractivity contribution in [2.24, 2.45) is 11.7 Å². The highest BCUT2D eigenvalue weighted by atomic mass is 79.9. The number of carbonyl (C=O) groups is 1. The zero-order valence-electron chi connectivity index (χ0n) is 10.1. The molecule has 0 saturated heterocycles. The van der Waals surface area contributed by atoms with Gasteiger partial charge in [-0.05, 0) is 30.2 Å². The Kier molecular flexibility index (Phi) is 8.61. The van der Waals surface area contributed by atoms with Gasteiger partial charge in [-0.25, -0.2) is 0 Å². The minimum atomic E-state index is -0.00618. The Morgan fingerprint density at radius 3 is 2.78 bits per heavy atom. The first-order valence-electron chi connectivity index (χ1n) is 5.43. The molecule has 0 heterocycles. The summed E-state index contributed by atoms with van der Waals surface area (Å²) in [5.41, 5.74) is 6.40. The highest BCUT2D eigenvalue weighted by Crippen LogP contribution is 2.21. The summed E-state index contributed by atoms with van der Waals surface area (Å²) in [7, 11) is 0. The molecular formula is C12H17BrCl2N2O. The lowest BCUT2D eigenvalue weighted by Gasteiger charge is -2.10. The van der Waals surface area contributed by atoms with E-state index < -0.39 is 0 Å². The third-order valence-electron chi connectivity index (χ3n) is 2.42. The third-order valence-corrected chi connectivity index (χ3v) is 3.39. The number of nitrogens with one attached hydrogen (secondary N) is 1. The Morgan fingerprint density at radius 1 is 1.56 bits per heavy atom. The third kappa shape index (κ3) is 6.05. The van der Waals surface area contributed by atoms with E-state index in [-0.39, 0.29) is 18.3 Å². The van der Waals surface area contributed by atoms with Gasteiger partial charge in [0.1, 0.15) is 0 Å². The number of hydrogen-bond donors (Lipinski definition) is 2. The highest BCUT2D eigenvalue weighted by Gasteiger charge is 2.08. The number of halogens is 3. The van der Waals surface area contributed by atoms with Crippen LogP contribution in [0.1, 0.15) is 12.5 Å². The zero-order valence-corrected chi connectivity index (χ0v) is 13.2. The largest absolute Gasteiger partial charge is 0.355 e. The van der Waals surface area contributed by atoms with Gasteiger partial charge in [0, 0.05) is 16.0 Å². The summed E-state index contributed by atoms with van der Waals surface area (Å²) >= 11 is 9.22. The minimum Gasteiger partial charge on any atom is -0.355 e. The van der Waals surface area contributed by atoms with Crippen molar-refractivity contribution in [3.05, 3.63) is 33.3 Å². The number of carbonyl (C=O) groups excluding carboxylic acids is 1.